The lowest BCUT2D eigenvalue weighted by molar-refractivity contribution is -0.130. The van der Waals surface area contributed by atoms with E-state index in [1.165, 1.54) is 0 Å². The third kappa shape index (κ3) is 5.18. The molecule has 0 unspecified atom stereocenters. The first kappa shape index (κ1) is 19.2. The van der Waals surface area contributed by atoms with Crippen molar-refractivity contribution in [1.82, 2.24) is 10.9 Å². The van der Waals surface area contributed by atoms with Crippen LogP contribution in [-0.2, 0) is 9.59 Å². The second-order valence-electron chi connectivity index (χ2n) is 5.95. The first-order chi connectivity index (χ1) is 12.7. The Balaban J connectivity index is 2.04. The van der Waals surface area contributed by atoms with Crippen LogP contribution in [0.15, 0.2) is 86.0 Å². The number of carbonyl (C=O) groups excluding carboxylic acids is 2. The van der Waals surface area contributed by atoms with Gasteiger partial charge in [-0.1, -0.05) is 72.8 Å². The van der Waals surface area contributed by atoms with E-state index in [1.54, 1.807) is 12.2 Å². The summed E-state index contributed by atoms with van der Waals surface area (Å²) in [6, 6.07) is 18.9. The topological polar surface area (TPSA) is 58.2 Å². The van der Waals surface area contributed by atoms with Crippen LogP contribution in [0.25, 0.3) is 0 Å². The normalized spacial score (nSPS) is 12.5. The van der Waals surface area contributed by atoms with Gasteiger partial charge in [0.25, 0.3) is 0 Å². The van der Waals surface area contributed by atoms with Crippen molar-refractivity contribution in [2.45, 2.75) is 24.7 Å². The van der Waals surface area contributed by atoms with Crippen LogP contribution in [0.3, 0.4) is 0 Å². The maximum Gasteiger partial charge on any atom is 0.246 e. The molecular formula is C22H24N2O2. The molecule has 0 heterocycles. The first-order valence-corrected chi connectivity index (χ1v) is 8.58. The molecule has 2 atom stereocenters. The van der Waals surface area contributed by atoms with Crippen LogP contribution in [0, 0.1) is 0 Å². The van der Waals surface area contributed by atoms with Crippen molar-refractivity contribution in [3.8, 4) is 0 Å². The van der Waals surface area contributed by atoms with Gasteiger partial charge in [0.05, 0.1) is 11.8 Å². The van der Waals surface area contributed by atoms with Gasteiger partial charge < -0.3 is 0 Å². The summed E-state index contributed by atoms with van der Waals surface area (Å²) in [6.07, 6.45) is 4.37. The molecule has 4 nitrogen and oxygen atoms in total. The highest BCUT2D eigenvalue weighted by Gasteiger charge is 2.22. The third-order valence-corrected chi connectivity index (χ3v) is 4.15. The van der Waals surface area contributed by atoms with E-state index in [9.17, 15) is 9.59 Å². The van der Waals surface area contributed by atoms with Crippen molar-refractivity contribution in [3.05, 3.63) is 97.1 Å². The maximum atomic E-state index is 12.6. The second-order valence-corrected chi connectivity index (χ2v) is 5.95. The van der Waals surface area contributed by atoms with Gasteiger partial charge in [-0.05, 0) is 24.0 Å². The van der Waals surface area contributed by atoms with Crippen molar-refractivity contribution < 1.29 is 9.59 Å². The number of amides is 2. The predicted octanol–water partition coefficient (Wildman–Crippen LogP) is 3.85. The quantitative estimate of drug-likeness (QED) is 0.562. The van der Waals surface area contributed by atoms with E-state index < -0.39 is 11.8 Å². The molecule has 0 spiro atoms. The molecule has 0 fully saturated rings. The molecule has 0 aliphatic rings. The van der Waals surface area contributed by atoms with Crippen molar-refractivity contribution in [1.29, 1.82) is 0 Å². The summed E-state index contributed by atoms with van der Waals surface area (Å²) in [5.74, 6) is -1.34. The number of allylic oxidation sites excluding steroid dienone is 2. The van der Waals surface area contributed by atoms with Gasteiger partial charge in [0.2, 0.25) is 11.8 Å². The summed E-state index contributed by atoms with van der Waals surface area (Å²) in [6.45, 7) is 7.43. The van der Waals surface area contributed by atoms with Crippen LogP contribution in [0.4, 0.5) is 0 Å². The fraction of sp³-hybridized carbons (Fsp3) is 0.182. The Morgan fingerprint density at radius 1 is 0.731 bits per heavy atom. The van der Waals surface area contributed by atoms with Gasteiger partial charge in [-0.15, -0.1) is 13.2 Å². The highest BCUT2D eigenvalue weighted by Crippen LogP contribution is 2.21. The minimum atomic E-state index is -0.399. The molecule has 0 bridgehead atoms. The average molecular weight is 348 g/mol. The Morgan fingerprint density at radius 2 is 1.08 bits per heavy atom. The summed E-state index contributed by atoms with van der Waals surface area (Å²) >= 11 is 0. The highest BCUT2D eigenvalue weighted by molar-refractivity contribution is 5.89. The summed E-state index contributed by atoms with van der Waals surface area (Å²) in [5, 5.41) is 0. The largest absolute Gasteiger partial charge is 0.273 e. The van der Waals surface area contributed by atoms with Crippen molar-refractivity contribution in [3.63, 3.8) is 0 Å². The first-order valence-electron chi connectivity index (χ1n) is 8.58. The third-order valence-electron chi connectivity index (χ3n) is 4.15. The zero-order valence-corrected chi connectivity index (χ0v) is 14.7. The fourth-order valence-electron chi connectivity index (χ4n) is 2.79. The Hall–Kier alpha value is -3.14. The molecule has 2 aromatic carbocycles. The molecule has 0 aliphatic heterocycles. The summed E-state index contributed by atoms with van der Waals surface area (Å²) in [4.78, 5) is 25.1. The number of nitrogens with one attached hydrogen (secondary N) is 2. The molecule has 0 saturated heterocycles. The number of hydrazine groups is 1. The fourth-order valence-corrected chi connectivity index (χ4v) is 2.79. The number of hydrogen-bond donors (Lipinski definition) is 2. The molecule has 26 heavy (non-hydrogen) atoms. The summed E-state index contributed by atoms with van der Waals surface area (Å²) in [5.41, 5.74) is 6.87. The molecule has 134 valence electrons. The van der Waals surface area contributed by atoms with Gasteiger partial charge in [-0.25, -0.2) is 0 Å². The second kappa shape index (κ2) is 9.99. The minimum absolute atomic E-state index is 0.269. The van der Waals surface area contributed by atoms with E-state index >= 15 is 0 Å². The van der Waals surface area contributed by atoms with Crippen molar-refractivity contribution >= 4 is 11.8 Å². The van der Waals surface area contributed by atoms with Crippen LogP contribution in [-0.4, -0.2) is 11.8 Å². The van der Waals surface area contributed by atoms with E-state index in [1.807, 2.05) is 60.7 Å². The Bertz CT molecular complexity index is 676. The molecule has 4 heteroatoms. The smallest absolute Gasteiger partial charge is 0.246 e. The number of hydrogen-bond acceptors (Lipinski definition) is 2. The van der Waals surface area contributed by atoms with Crippen LogP contribution < -0.4 is 10.9 Å². The van der Waals surface area contributed by atoms with Crippen molar-refractivity contribution in [2.75, 3.05) is 0 Å². The number of rotatable bonds is 8. The number of benzene rings is 2. The Labute approximate surface area is 154 Å². The molecular weight excluding hydrogens is 324 g/mol. The SMILES string of the molecule is C=CC[C@H](C(=O)NNC(=O)[C@@H](CC=C)c1ccccc1)c1ccccc1. The molecule has 0 aliphatic carbocycles. The van der Waals surface area contributed by atoms with Gasteiger partial charge in [-0.3, -0.25) is 20.4 Å². The van der Waals surface area contributed by atoms with E-state index in [4.69, 9.17) is 0 Å². The molecule has 2 amide bonds. The average Bonchev–Trinajstić information content (AvgIpc) is 2.69. The number of carbonyl (C=O) groups is 2. The summed E-state index contributed by atoms with van der Waals surface area (Å²) in [7, 11) is 0. The van der Waals surface area contributed by atoms with Crippen LogP contribution in [0.5, 0.6) is 0 Å². The molecule has 0 radical (unpaired) electrons. The zero-order valence-electron chi connectivity index (χ0n) is 14.7. The van der Waals surface area contributed by atoms with Crippen LogP contribution in [0.2, 0.25) is 0 Å². The van der Waals surface area contributed by atoms with Crippen LogP contribution >= 0.6 is 0 Å². The van der Waals surface area contributed by atoms with Gasteiger partial charge in [0, 0.05) is 0 Å². The summed E-state index contributed by atoms with van der Waals surface area (Å²) < 4.78 is 0. The zero-order chi connectivity index (χ0) is 18.8. The predicted molar refractivity (Wildman–Crippen MR) is 104 cm³/mol. The van der Waals surface area contributed by atoms with Gasteiger partial charge >= 0.3 is 0 Å². The standard InChI is InChI=1S/C22H24N2O2/c1-3-11-19(17-13-7-5-8-14-17)21(25)23-24-22(26)20(12-4-2)18-15-9-6-10-16-18/h3-10,13-16,19-20H,1-2,11-12H2,(H,23,25)(H,24,26)/t19-,20-/m0/s1. The lowest BCUT2D eigenvalue weighted by Gasteiger charge is -2.19. The lowest BCUT2D eigenvalue weighted by Crippen LogP contribution is -2.45. The van der Waals surface area contributed by atoms with Gasteiger partial charge in [0.1, 0.15) is 0 Å². The Kier molecular flexibility index (Phi) is 7.37. The molecule has 0 aromatic heterocycles. The van der Waals surface area contributed by atoms with E-state index in [2.05, 4.69) is 24.0 Å². The van der Waals surface area contributed by atoms with Gasteiger partial charge in [-0.2, -0.15) is 0 Å². The molecule has 2 aromatic rings. The maximum absolute atomic E-state index is 12.6. The highest BCUT2D eigenvalue weighted by atomic mass is 16.2. The minimum Gasteiger partial charge on any atom is -0.273 e. The molecule has 2 N–H and O–H groups in total. The molecule has 2 rings (SSSR count). The monoisotopic (exact) mass is 348 g/mol. The van der Waals surface area contributed by atoms with E-state index in [0.29, 0.717) is 12.8 Å². The van der Waals surface area contributed by atoms with E-state index in [-0.39, 0.29) is 11.8 Å². The van der Waals surface area contributed by atoms with Gasteiger partial charge in [0.15, 0.2) is 0 Å². The Morgan fingerprint density at radius 3 is 1.38 bits per heavy atom. The van der Waals surface area contributed by atoms with E-state index in [0.717, 1.165) is 11.1 Å². The molecule has 0 saturated carbocycles. The lowest BCUT2D eigenvalue weighted by atomic mass is 9.94. The van der Waals surface area contributed by atoms with Crippen molar-refractivity contribution in [2.24, 2.45) is 0 Å². The van der Waals surface area contributed by atoms with Crippen LogP contribution in [0.1, 0.15) is 35.8 Å².